The zero-order valence-corrected chi connectivity index (χ0v) is 13.8. The molecule has 0 aromatic rings. The number of ether oxygens (including phenoxy) is 1. The molecule has 0 aromatic heterocycles. The molecule has 5 unspecified atom stereocenters. The standard InChI is InChI=1S/C14H18O3S3/c1-7(2)13(15)17-3-4-18-10-6-8-5-9(10)12-11(8)19-14(16)20-12/h8-12H,1,3-6H2,2H3. The highest BCUT2D eigenvalue weighted by atomic mass is 32.2. The fourth-order valence-corrected chi connectivity index (χ4v) is 8.15. The molecule has 2 saturated carbocycles. The highest BCUT2D eigenvalue weighted by molar-refractivity contribution is 8.41. The van der Waals surface area contributed by atoms with E-state index in [1.807, 2.05) is 11.8 Å². The summed E-state index contributed by atoms with van der Waals surface area (Å²) in [6.45, 7) is 5.69. The van der Waals surface area contributed by atoms with Gasteiger partial charge in [-0.2, -0.15) is 11.8 Å². The van der Waals surface area contributed by atoms with Crippen molar-refractivity contribution in [3.8, 4) is 0 Å². The van der Waals surface area contributed by atoms with E-state index in [0.717, 1.165) is 11.7 Å². The molecule has 3 fully saturated rings. The monoisotopic (exact) mass is 330 g/mol. The zero-order valence-electron chi connectivity index (χ0n) is 11.4. The first kappa shape index (κ1) is 14.9. The van der Waals surface area contributed by atoms with Crippen molar-refractivity contribution in [1.82, 2.24) is 0 Å². The SMILES string of the molecule is C=C(C)C(=O)OCCSC1CC2CC1C1SC(=O)SC21. The van der Waals surface area contributed by atoms with Gasteiger partial charge in [-0.05, 0) is 31.6 Å². The van der Waals surface area contributed by atoms with Crippen LogP contribution in [0.25, 0.3) is 0 Å². The molecule has 0 amide bonds. The molecule has 1 saturated heterocycles. The minimum atomic E-state index is -0.299. The van der Waals surface area contributed by atoms with Crippen molar-refractivity contribution in [3.05, 3.63) is 12.2 Å². The minimum Gasteiger partial charge on any atom is -0.461 e. The van der Waals surface area contributed by atoms with Gasteiger partial charge in [-0.3, -0.25) is 4.79 Å². The smallest absolute Gasteiger partial charge is 0.333 e. The largest absolute Gasteiger partial charge is 0.461 e. The Labute approximate surface area is 132 Å². The molecular weight excluding hydrogens is 312 g/mol. The van der Waals surface area contributed by atoms with Gasteiger partial charge in [-0.25, -0.2) is 4.79 Å². The molecule has 5 atom stereocenters. The molecule has 110 valence electrons. The molecule has 2 aliphatic carbocycles. The van der Waals surface area contributed by atoms with Gasteiger partial charge in [0.15, 0.2) is 0 Å². The van der Waals surface area contributed by atoms with Crippen molar-refractivity contribution in [3.63, 3.8) is 0 Å². The average Bonchev–Trinajstić information content (AvgIpc) is 3.04. The molecule has 0 aromatic carbocycles. The van der Waals surface area contributed by atoms with Gasteiger partial charge in [0, 0.05) is 27.1 Å². The summed E-state index contributed by atoms with van der Waals surface area (Å²) in [5.74, 6) is 1.95. The summed E-state index contributed by atoms with van der Waals surface area (Å²) in [6.07, 6.45) is 2.51. The second kappa shape index (κ2) is 5.97. The first-order valence-corrected chi connectivity index (χ1v) is 9.68. The number of esters is 1. The molecule has 6 heteroatoms. The minimum absolute atomic E-state index is 0.299. The van der Waals surface area contributed by atoms with E-state index in [2.05, 4.69) is 6.58 Å². The van der Waals surface area contributed by atoms with Gasteiger partial charge in [-0.15, -0.1) is 0 Å². The summed E-state index contributed by atoms with van der Waals surface area (Å²) in [5.41, 5.74) is 0.454. The van der Waals surface area contributed by atoms with Crippen LogP contribution in [0.4, 0.5) is 4.79 Å². The topological polar surface area (TPSA) is 43.4 Å². The van der Waals surface area contributed by atoms with Crippen LogP contribution in [0.3, 0.4) is 0 Å². The molecule has 1 aliphatic heterocycles. The summed E-state index contributed by atoms with van der Waals surface area (Å²) >= 11 is 5.05. The molecule has 0 N–H and O–H groups in total. The molecule has 3 nitrogen and oxygen atoms in total. The maximum absolute atomic E-state index is 11.5. The van der Waals surface area contributed by atoms with E-state index < -0.39 is 0 Å². The van der Waals surface area contributed by atoms with Gasteiger partial charge in [0.1, 0.15) is 6.61 Å². The van der Waals surface area contributed by atoms with Crippen molar-refractivity contribution >= 4 is 45.7 Å². The Bertz CT molecular complexity index is 451. The normalized spacial score (nSPS) is 38.0. The van der Waals surface area contributed by atoms with Gasteiger partial charge in [0.05, 0.1) is 0 Å². The molecule has 0 radical (unpaired) electrons. The van der Waals surface area contributed by atoms with Crippen LogP contribution in [0.15, 0.2) is 12.2 Å². The van der Waals surface area contributed by atoms with Crippen LogP contribution in [-0.2, 0) is 9.53 Å². The number of hydrogen-bond acceptors (Lipinski definition) is 6. The molecule has 20 heavy (non-hydrogen) atoms. The van der Waals surface area contributed by atoms with Crippen molar-refractivity contribution < 1.29 is 14.3 Å². The predicted molar refractivity (Wildman–Crippen MR) is 86.4 cm³/mol. The number of hydrogen-bond donors (Lipinski definition) is 0. The van der Waals surface area contributed by atoms with Crippen LogP contribution >= 0.6 is 35.3 Å². The Kier molecular flexibility index (Phi) is 4.43. The van der Waals surface area contributed by atoms with E-state index in [9.17, 15) is 9.59 Å². The summed E-state index contributed by atoms with van der Waals surface area (Å²) in [5, 5.41) is 1.76. The van der Waals surface area contributed by atoms with E-state index in [4.69, 9.17) is 4.74 Å². The van der Waals surface area contributed by atoms with Crippen LogP contribution in [0.1, 0.15) is 19.8 Å². The van der Waals surface area contributed by atoms with Gasteiger partial charge >= 0.3 is 5.97 Å². The van der Waals surface area contributed by atoms with E-state index in [-0.39, 0.29) is 5.97 Å². The third kappa shape index (κ3) is 2.79. The maximum atomic E-state index is 11.5. The summed E-state index contributed by atoms with van der Waals surface area (Å²) in [4.78, 5) is 22.8. The van der Waals surface area contributed by atoms with Crippen molar-refractivity contribution in [2.24, 2.45) is 11.8 Å². The van der Waals surface area contributed by atoms with Crippen LogP contribution in [0.5, 0.6) is 0 Å². The Morgan fingerprint density at radius 3 is 2.90 bits per heavy atom. The third-order valence-electron chi connectivity index (χ3n) is 4.26. The maximum Gasteiger partial charge on any atom is 0.333 e. The lowest BCUT2D eigenvalue weighted by molar-refractivity contribution is -0.138. The number of thioether (sulfide) groups is 3. The Hall–Kier alpha value is -0.0700. The fraction of sp³-hybridized carbons (Fsp3) is 0.714. The predicted octanol–water partition coefficient (Wildman–Crippen LogP) is 3.58. The van der Waals surface area contributed by atoms with E-state index in [1.165, 1.54) is 12.8 Å². The van der Waals surface area contributed by atoms with Crippen LogP contribution in [0.2, 0.25) is 0 Å². The lowest BCUT2D eigenvalue weighted by Gasteiger charge is -2.29. The lowest BCUT2D eigenvalue weighted by atomic mass is 9.99. The fourth-order valence-electron chi connectivity index (χ4n) is 3.41. The lowest BCUT2D eigenvalue weighted by Crippen LogP contribution is -2.31. The van der Waals surface area contributed by atoms with Gasteiger partial charge in [0.25, 0.3) is 0 Å². The van der Waals surface area contributed by atoms with Crippen molar-refractivity contribution in [2.75, 3.05) is 12.4 Å². The summed E-state index contributed by atoms with van der Waals surface area (Å²) < 4.78 is 5.44. The summed E-state index contributed by atoms with van der Waals surface area (Å²) in [7, 11) is 0. The van der Waals surface area contributed by atoms with Crippen molar-refractivity contribution in [2.45, 2.75) is 35.5 Å². The Morgan fingerprint density at radius 1 is 1.40 bits per heavy atom. The number of carbonyl (C=O) groups is 2. The molecule has 2 bridgehead atoms. The molecule has 3 rings (SSSR count). The second-order valence-electron chi connectivity index (χ2n) is 5.64. The van der Waals surface area contributed by atoms with Gasteiger partial charge < -0.3 is 4.74 Å². The Balaban J connectivity index is 1.43. The summed E-state index contributed by atoms with van der Waals surface area (Å²) in [6, 6.07) is 0. The molecule has 0 spiro atoms. The molecule has 3 aliphatic rings. The highest BCUT2D eigenvalue weighted by Crippen LogP contribution is 2.61. The van der Waals surface area contributed by atoms with Gasteiger partial charge in [0.2, 0.25) is 4.45 Å². The van der Waals surface area contributed by atoms with Crippen molar-refractivity contribution in [1.29, 1.82) is 0 Å². The van der Waals surface area contributed by atoms with E-state index in [1.54, 1.807) is 30.4 Å². The van der Waals surface area contributed by atoms with Crippen LogP contribution in [0, 0.1) is 11.8 Å². The second-order valence-corrected chi connectivity index (χ2v) is 9.54. The first-order valence-electron chi connectivity index (χ1n) is 6.87. The molecular formula is C14H18O3S3. The van der Waals surface area contributed by atoms with Crippen LogP contribution in [-0.4, -0.2) is 38.5 Å². The first-order chi connectivity index (χ1) is 9.56. The molecule has 1 heterocycles. The highest BCUT2D eigenvalue weighted by Gasteiger charge is 2.57. The zero-order chi connectivity index (χ0) is 14.3. The number of fused-ring (bicyclic) bond motifs is 5. The number of rotatable bonds is 5. The van der Waals surface area contributed by atoms with Crippen LogP contribution < -0.4 is 0 Å². The van der Waals surface area contributed by atoms with Gasteiger partial charge in [-0.1, -0.05) is 30.1 Å². The van der Waals surface area contributed by atoms with E-state index in [0.29, 0.717) is 38.3 Å². The number of carbonyl (C=O) groups excluding carboxylic acids is 2. The average molecular weight is 330 g/mol. The third-order valence-corrected chi connectivity index (χ3v) is 8.63. The Morgan fingerprint density at radius 2 is 2.15 bits per heavy atom. The quantitative estimate of drug-likeness (QED) is 0.436. The van der Waals surface area contributed by atoms with E-state index >= 15 is 0 Å².